The van der Waals surface area contributed by atoms with E-state index in [2.05, 4.69) is 21.0 Å². The summed E-state index contributed by atoms with van der Waals surface area (Å²) in [5.41, 5.74) is 0. The summed E-state index contributed by atoms with van der Waals surface area (Å²) in [4.78, 5) is 15.7. The van der Waals surface area contributed by atoms with Crippen LogP contribution in [0, 0.1) is 12.3 Å². The molecule has 17 heavy (non-hydrogen) atoms. The maximum Gasteiger partial charge on any atom is 0.351 e. The summed E-state index contributed by atoms with van der Waals surface area (Å²) in [6.07, 6.45) is 6.72. The first kappa shape index (κ1) is 13.8. The maximum absolute atomic E-state index is 11.3. The maximum atomic E-state index is 11.3. The lowest BCUT2D eigenvalue weighted by molar-refractivity contribution is 0.0606. The molecule has 0 spiro atoms. The monoisotopic (exact) mass is 272 g/mol. The van der Waals surface area contributed by atoms with E-state index in [-0.39, 0.29) is 11.2 Å². The minimum absolute atomic E-state index is 0.132. The first-order valence-corrected chi connectivity index (χ1v) is 6.26. The standard InChI is InChI=1S/C11H13ClN2O2S/c1-4-6-7(5-2)13-11-14-9(12)8(17-11)10(15)16-3/h1,7H,5-6H2,2-3H3,(H,13,14). The summed E-state index contributed by atoms with van der Waals surface area (Å²) in [5, 5.41) is 3.88. The molecule has 1 N–H and O–H groups in total. The van der Waals surface area contributed by atoms with Gasteiger partial charge in [0.2, 0.25) is 0 Å². The smallest absolute Gasteiger partial charge is 0.351 e. The third-order valence-electron chi connectivity index (χ3n) is 2.14. The summed E-state index contributed by atoms with van der Waals surface area (Å²) in [6.45, 7) is 2.02. The summed E-state index contributed by atoms with van der Waals surface area (Å²) >= 11 is 7.00. The van der Waals surface area contributed by atoms with E-state index in [1.165, 1.54) is 7.11 Å². The lowest BCUT2D eigenvalue weighted by Crippen LogP contribution is -2.17. The van der Waals surface area contributed by atoms with Crippen molar-refractivity contribution in [2.45, 2.75) is 25.8 Å². The Labute approximate surface area is 109 Å². The van der Waals surface area contributed by atoms with Gasteiger partial charge in [0.25, 0.3) is 0 Å². The first-order valence-electron chi connectivity index (χ1n) is 5.07. The zero-order valence-corrected chi connectivity index (χ0v) is 11.2. The fourth-order valence-electron chi connectivity index (χ4n) is 1.20. The Balaban J connectivity index is 2.80. The third kappa shape index (κ3) is 3.62. The van der Waals surface area contributed by atoms with E-state index < -0.39 is 5.97 Å². The number of rotatable bonds is 5. The summed E-state index contributed by atoms with van der Waals surface area (Å²) in [6, 6.07) is 0.132. The number of nitrogens with one attached hydrogen (secondary N) is 1. The molecule has 0 aliphatic carbocycles. The van der Waals surface area contributed by atoms with Gasteiger partial charge in [-0.15, -0.1) is 12.3 Å². The Morgan fingerprint density at radius 3 is 3.00 bits per heavy atom. The molecule has 0 aliphatic rings. The minimum atomic E-state index is -0.481. The molecule has 1 rings (SSSR count). The predicted molar refractivity (Wildman–Crippen MR) is 69.6 cm³/mol. The van der Waals surface area contributed by atoms with Crippen LogP contribution >= 0.6 is 22.9 Å². The van der Waals surface area contributed by atoms with Crippen molar-refractivity contribution in [3.63, 3.8) is 0 Å². The van der Waals surface area contributed by atoms with Crippen molar-refractivity contribution in [1.29, 1.82) is 0 Å². The molecule has 0 amide bonds. The second-order valence-corrected chi connectivity index (χ2v) is 4.65. The number of thiazole rings is 1. The highest BCUT2D eigenvalue weighted by Gasteiger charge is 2.18. The van der Waals surface area contributed by atoms with Crippen LogP contribution in [0.4, 0.5) is 5.13 Å². The van der Waals surface area contributed by atoms with Crippen LogP contribution in [0.25, 0.3) is 0 Å². The van der Waals surface area contributed by atoms with Gasteiger partial charge in [0.15, 0.2) is 15.2 Å². The van der Waals surface area contributed by atoms with Gasteiger partial charge < -0.3 is 10.1 Å². The van der Waals surface area contributed by atoms with Gasteiger partial charge in [-0.3, -0.25) is 0 Å². The van der Waals surface area contributed by atoms with Crippen LogP contribution < -0.4 is 5.32 Å². The van der Waals surface area contributed by atoms with Crippen molar-refractivity contribution in [1.82, 2.24) is 4.98 Å². The number of nitrogens with zero attached hydrogens (tertiary/aromatic N) is 1. The Morgan fingerprint density at radius 1 is 1.76 bits per heavy atom. The molecule has 1 atom stereocenters. The SMILES string of the molecule is C#CCC(CC)Nc1nc(Cl)c(C(=O)OC)s1. The molecule has 1 aromatic rings. The number of methoxy groups -OCH3 is 1. The topological polar surface area (TPSA) is 51.2 Å². The third-order valence-corrected chi connectivity index (χ3v) is 3.49. The Bertz CT molecular complexity index is 439. The molecule has 0 bridgehead atoms. The van der Waals surface area contributed by atoms with Crippen LogP contribution in [0.3, 0.4) is 0 Å². The molecule has 1 heterocycles. The highest BCUT2D eigenvalue weighted by Crippen LogP contribution is 2.28. The number of esters is 1. The molecule has 0 saturated heterocycles. The zero-order valence-electron chi connectivity index (χ0n) is 9.62. The lowest BCUT2D eigenvalue weighted by atomic mass is 10.2. The number of halogens is 1. The van der Waals surface area contributed by atoms with Gasteiger partial charge in [-0.1, -0.05) is 29.9 Å². The summed E-state index contributed by atoms with van der Waals surface area (Å²) < 4.78 is 4.60. The van der Waals surface area contributed by atoms with Crippen LogP contribution in [-0.2, 0) is 4.74 Å². The van der Waals surface area contributed by atoms with E-state index in [4.69, 9.17) is 18.0 Å². The van der Waals surface area contributed by atoms with E-state index in [1.54, 1.807) is 0 Å². The number of hydrogen-bond donors (Lipinski definition) is 1. The van der Waals surface area contributed by atoms with Crippen molar-refractivity contribution < 1.29 is 9.53 Å². The van der Waals surface area contributed by atoms with Crippen molar-refractivity contribution in [3.05, 3.63) is 10.0 Å². The zero-order chi connectivity index (χ0) is 12.8. The Kier molecular flexibility index (Phi) is 5.26. The van der Waals surface area contributed by atoms with Gasteiger partial charge in [-0.2, -0.15) is 0 Å². The molecule has 0 fully saturated rings. The molecule has 6 heteroatoms. The average molecular weight is 273 g/mol. The van der Waals surface area contributed by atoms with Gasteiger partial charge in [0, 0.05) is 12.5 Å². The molecule has 92 valence electrons. The number of aromatic nitrogens is 1. The molecular weight excluding hydrogens is 260 g/mol. The van der Waals surface area contributed by atoms with Gasteiger partial charge >= 0.3 is 5.97 Å². The molecule has 0 aromatic carbocycles. The van der Waals surface area contributed by atoms with Crippen molar-refractivity contribution in [2.75, 3.05) is 12.4 Å². The predicted octanol–water partition coefficient (Wildman–Crippen LogP) is 2.80. The quantitative estimate of drug-likeness (QED) is 0.661. The van der Waals surface area contributed by atoms with Gasteiger partial charge in [-0.25, -0.2) is 9.78 Å². The van der Waals surface area contributed by atoms with Gasteiger partial charge in [0.1, 0.15) is 0 Å². The first-order chi connectivity index (χ1) is 8.12. The number of carbonyl (C=O) groups excluding carboxylic acids is 1. The second kappa shape index (κ2) is 6.48. The van der Waals surface area contributed by atoms with Crippen LogP contribution in [-0.4, -0.2) is 24.1 Å². The molecule has 0 saturated carbocycles. The highest BCUT2D eigenvalue weighted by atomic mass is 35.5. The van der Waals surface area contributed by atoms with Crippen molar-refractivity contribution in [3.8, 4) is 12.3 Å². The lowest BCUT2D eigenvalue weighted by Gasteiger charge is -2.12. The van der Waals surface area contributed by atoms with E-state index in [1.807, 2.05) is 6.92 Å². The van der Waals surface area contributed by atoms with Gasteiger partial charge in [0.05, 0.1) is 7.11 Å². The van der Waals surface area contributed by atoms with E-state index in [0.717, 1.165) is 17.8 Å². The number of anilines is 1. The van der Waals surface area contributed by atoms with Crippen LogP contribution in [0.5, 0.6) is 0 Å². The number of hydrogen-bond acceptors (Lipinski definition) is 5. The van der Waals surface area contributed by atoms with E-state index >= 15 is 0 Å². The van der Waals surface area contributed by atoms with Crippen LogP contribution in [0.15, 0.2) is 0 Å². The average Bonchev–Trinajstić information content (AvgIpc) is 2.68. The fourth-order valence-corrected chi connectivity index (χ4v) is 2.38. The Hall–Kier alpha value is -1.25. The van der Waals surface area contributed by atoms with Crippen molar-refractivity contribution in [2.24, 2.45) is 0 Å². The van der Waals surface area contributed by atoms with Crippen molar-refractivity contribution >= 4 is 34.0 Å². The molecule has 0 radical (unpaired) electrons. The molecule has 1 unspecified atom stereocenters. The highest BCUT2D eigenvalue weighted by molar-refractivity contribution is 7.18. The summed E-state index contributed by atoms with van der Waals surface area (Å²) in [7, 11) is 1.30. The van der Waals surface area contributed by atoms with Crippen LogP contribution in [0.2, 0.25) is 5.15 Å². The number of terminal acetylenes is 1. The molecular formula is C11H13ClN2O2S. The van der Waals surface area contributed by atoms with E-state index in [0.29, 0.717) is 16.4 Å². The minimum Gasteiger partial charge on any atom is -0.465 e. The normalized spacial score (nSPS) is 11.6. The molecule has 4 nitrogen and oxygen atoms in total. The number of ether oxygens (including phenoxy) is 1. The van der Waals surface area contributed by atoms with E-state index in [9.17, 15) is 4.79 Å². The largest absolute Gasteiger partial charge is 0.465 e. The molecule has 0 aliphatic heterocycles. The fraction of sp³-hybridized carbons (Fsp3) is 0.455. The van der Waals surface area contributed by atoms with Gasteiger partial charge in [-0.05, 0) is 6.42 Å². The number of carbonyl (C=O) groups is 1. The molecule has 1 aromatic heterocycles. The Morgan fingerprint density at radius 2 is 2.47 bits per heavy atom. The summed E-state index contributed by atoms with van der Waals surface area (Å²) in [5.74, 6) is 2.10. The second-order valence-electron chi connectivity index (χ2n) is 3.29. The van der Waals surface area contributed by atoms with Crippen LogP contribution in [0.1, 0.15) is 29.4 Å².